The van der Waals surface area contributed by atoms with Gasteiger partial charge in [-0.25, -0.2) is 4.79 Å². The predicted octanol–water partition coefficient (Wildman–Crippen LogP) is 3.68. The highest BCUT2D eigenvalue weighted by Gasteiger charge is 2.38. The number of carbonyl (C=O) groups excluding carboxylic acids is 1. The highest BCUT2D eigenvalue weighted by molar-refractivity contribution is 5.85. The highest BCUT2D eigenvalue weighted by Crippen LogP contribution is 2.44. The van der Waals surface area contributed by atoms with Gasteiger partial charge in [0.15, 0.2) is 0 Å². The molecule has 0 bridgehead atoms. The molecular weight excluding hydrogens is 374 g/mol. The van der Waals surface area contributed by atoms with Crippen LogP contribution in [0.25, 0.3) is 0 Å². The van der Waals surface area contributed by atoms with Crippen LogP contribution in [0.4, 0.5) is 4.79 Å². The topological polar surface area (TPSA) is 44.8 Å². The molecule has 0 unspecified atom stereocenters. The van der Waals surface area contributed by atoms with Crippen LogP contribution in [0.15, 0.2) is 30.3 Å². The predicted molar refractivity (Wildman–Crippen MR) is 114 cm³/mol. The Morgan fingerprint density at radius 1 is 1.00 bits per heavy atom. The van der Waals surface area contributed by atoms with E-state index in [9.17, 15) is 4.79 Å². The van der Waals surface area contributed by atoms with Gasteiger partial charge in [-0.2, -0.15) is 0 Å². The molecule has 6 heteroatoms. The third kappa shape index (κ3) is 5.19. The fourth-order valence-electron chi connectivity index (χ4n) is 5.12. The molecule has 2 saturated heterocycles. The van der Waals surface area contributed by atoms with E-state index < -0.39 is 0 Å². The van der Waals surface area contributed by atoms with E-state index in [4.69, 9.17) is 4.74 Å². The molecule has 1 aromatic rings. The maximum Gasteiger partial charge on any atom is 0.410 e. The number of amides is 1. The highest BCUT2D eigenvalue weighted by atomic mass is 35.5. The summed E-state index contributed by atoms with van der Waals surface area (Å²) in [5.74, 6) is 0. The maximum atomic E-state index is 12.3. The van der Waals surface area contributed by atoms with Crippen molar-refractivity contribution in [3.63, 3.8) is 0 Å². The van der Waals surface area contributed by atoms with Crippen molar-refractivity contribution < 1.29 is 9.53 Å². The minimum Gasteiger partial charge on any atom is -0.445 e. The zero-order valence-electron chi connectivity index (χ0n) is 16.8. The van der Waals surface area contributed by atoms with E-state index in [-0.39, 0.29) is 18.5 Å². The van der Waals surface area contributed by atoms with Crippen LogP contribution in [0, 0.1) is 5.41 Å². The normalized spacial score (nSPS) is 23.2. The lowest BCUT2D eigenvalue weighted by Crippen LogP contribution is -2.53. The van der Waals surface area contributed by atoms with Gasteiger partial charge in [-0.3, -0.25) is 4.90 Å². The standard InChI is InChI=1S/C22H33N3O2.ClH/c26-21(27-18-19-4-2-1-3-5-19)25-16-14-24(15-17-25)20-6-8-22(9-7-20)10-12-23-13-11-22;/h1-5,20,23H,6-18H2;1H. The van der Waals surface area contributed by atoms with E-state index >= 15 is 0 Å². The van der Waals surface area contributed by atoms with E-state index in [1.54, 1.807) is 0 Å². The van der Waals surface area contributed by atoms with E-state index in [0.717, 1.165) is 31.7 Å². The van der Waals surface area contributed by atoms with Crippen LogP contribution in [-0.2, 0) is 11.3 Å². The van der Waals surface area contributed by atoms with E-state index in [1.165, 1.54) is 51.6 Å². The molecule has 3 fully saturated rings. The van der Waals surface area contributed by atoms with Crippen molar-refractivity contribution in [2.45, 2.75) is 51.2 Å². The van der Waals surface area contributed by atoms with Gasteiger partial charge in [-0.1, -0.05) is 30.3 Å². The van der Waals surface area contributed by atoms with Gasteiger partial charge in [0.05, 0.1) is 0 Å². The van der Waals surface area contributed by atoms with Crippen molar-refractivity contribution in [2.75, 3.05) is 39.3 Å². The Kier molecular flexibility index (Phi) is 7.61. The molecule has 28 heavy (non-hydrogen) atoms. The Hall–Kier alpha value is -1.30. The average molecular weight is 408 g/mol. The third-order valence-corrected chi connectivity index (χ3v) is 6.97. The first kappa shape index (κ1) is 21.4. The van der Waals surface area contributed by atoms with Crippen molar-refractivity contribution in [3.05, 3.63) is 35.9 Å². The number of rotatable bonds is 3. The van der Waals surface area contributed by atoms with Gasteiger partial charge in [0.2, 0.25) is 0 Å². The summed E-state index contributed by atoms with van der Waals surface area (Å²) in [5.41, 5.74) is 1.67. The molecule has 1 saturated carbocycles. The molecule has 1 aliphatic carbocycles. The first-order chi connectivity index (χ1) is 13.2. The van der Waals surface area contributed by atoms with Gasteiger partial charge >= 0.3 is 6.09 Å². The third-order valence-electron chi connectivity index (χ3n) is 6.97. The molecule has 0 radical (unpaired) electrons. The lowest BCUT2D eigenvalue weighted by atomic mass is 9.67. The number of piperidine rings is 1. The van der Waals surface area contributed by atoms with Crippen LogP contribution in [0.2, 0.25) is 0 Å². The number of piperazine rings is 1. The lowest BCUT2D eigenvalue weighted by molar-refractivity contribution is 0.0295. The van der Waals surface area contributed by atoms with Crippen molar-refractivity contribution in [3.8, 4) is 0 Å². The number of nitrogens with zero attached hydrogens (tertiary/aromatic N) is 2. The second-order valence-electron chi connectivity index (χ2n) is 8.54. The molecule has 2 heterocycles. The lowest BCUT2D eigenvalue weighted by Gasteiger charge is -2.47. The molecule has 1 amide bonds. The van der Waals surface area contributed by atoms with Gasteiger partial charge in [0, 0.05) is 32.2 Å². The summed E-state index contributed by atoms with van der Waals surface area (Å²) in [7, 11) is 0. The van der Waals surface area contributed by atoms with Crippen LogP contribution in [-0.4, -0.2) is 61.2 Å². The molecule has 1 spiro atoms. The second-order valence-corrected chi connectivity index (χ2v) is 8.54. The summed E-state index contributed by atoms with van der Waals surface area (Å²) in [6, 6.07) is 10.6. The summed E-state index contributed by atoms with van der Waals surface area (Å²) in [6.07, 6.45) is 7.99. The van der Waals surface area contributed by atoms with Gasteiger partial charge in [0.1, 0.15) is 6.61 Å². The summed E-state index contributed by atoms with van der Waals surface area (Å²) < 4.78 is 5.49. The Labute approximate surface area is 175 Å². The average Bonchev–Trinajstić information content (AvgIpc) is 2.74. The molecule has 156 valence electrons. The molecular formula is C22H34ClN3O2. The minimum absolute atomic E-state index is 0. The van der Waals surface area contributed by atoms with Crippen molar-refractivity contribution >= 4 is 18.5 Å². The monoisotopic (exact) mass is 407 g/mol. The van der Waals surface area contributed by atoms with Crippen LogP contribution < -0.4 is 5.32 Å². The largest absolute Gasteiger partial charge is 0.445 e. The molecule has 1 aromatic carbocycles. The second kappa shape index (κ2) is 9.95. The Bertz CT molecular complexity index is 603. The Balaban J connectivity index is 0.00000225. The Morgan fingerprint density at radius 3 is 2.29 bits per heavy atom. The summed E-state index contributed by atoms with van der Waals surface area (Å²) in [6.45, 7) is 6.32. The summed E-state index contributed by atoms with van der Waals surface area (Å²) in [5, 5.41) is 3.51. The fraction of sp³-hybridized carbons (Fsp3) is 0.682. The Morgan fingerprint density at radius 2 is 1.64 bits per heavy atom. The number of carbonyl (C=O) groups is 1. The molecule has 5 nitrogen and oxygen atoms in total. The van der Waals surface area contributed by atoms with Crippen molar-refractivity contribution in [1.82, 2.24) is 15.1 Å². The smallest absolute Gasteiger partial charge is 0.410 e. The van der Waals surface area contributed by atoms with Crippen molar-refractivity contribution in [1.29, 1.82) is 0 Å². The number of nitrogens with one attached hydrogen (secondary N) is 1. The van der Waals surface area contributed by atoms with Gasteiger partial charge < -0.3 is 15.0 Å². The van der Waals surface area contributed by atoms with E-state index in [1.807, 2.05) is 35.2 Å². The van der Waals surface area contributed by atoms with Gasteiger partial charge in [-0.15, -0.1) is 12.4 Å². The number of hydrogen-bond acceptors (Lipinski definition) is 4. The van der Waals surface area contributed by atoms with Crippen LogP contribution in [0.5, 0.6) is 0 Å². The first-order valence-electron chi connectivity index (χ1n) is 10.6. The van der Waals surface area contributed by atoms with Crippen molar-refractivity contribution in [2.24, 2.45) is 5.41 Å². The van der Waals surface area contributed by atoms with Crippen LogP contribution in [0.1, 0.15) is 44.1 Å². The zero-order valence-corrected chi connectivity index (χ0v) is 17.6. The fourth-order valence-corrected chi connectivity index (χ4v) is 5.12. The van der Waals surface area contributed by atoms with Crippen LogP contribution in [0.3, 0.4) is 0 Å². The molecule has 1 N–H and O–H groups in total. The maximum absolute atomic E-state index is 12.3. The zero-order chi connectivity index (χ0) is 18.5. The summed E-state index contributed by atoms with van der Waals surface area (Å²) >= 11 is 0. The minimum atomic E-state index is -0.171. The first-order valence-corrected chi connectivity index (χ1v) is 10.6. The number of halogens is 1. The van der Waals surface area contributed by atoms with E-state index in [0.29, 0.717) is 18.1 Å². The van der Waals surface area contributed by atoms with Gasteiger partial charge in [0.25, 0.3) is 0 Å². The molecule has 3 aliphatic rings. The summed E-state index contributed by atoms with van der Waals surface area (Å²) in [4.78, 5) is 16.8. The number of hydrogen-bond donors (Lipinski definition) is 1. The molecule has 4 rings (SSSR count). The van der Waals surface area contributed by atoms with Gasteiger partial charge in [-0.05, 0) is 62.6 Å². The molecule has 0 aromatic heterocycles. The van der Waals surface area contributed by atoms with E-state index in [2.05, 4.69) is 10.2 Å². The number of ether oxygens (including phenoxy) is 1. The van der Waals surface area contributed by atoms with Crippen LogP contribution >= 0.6 is 12.4 Å². The SMILES string of the molecule is Cl.O=C(OCc1ccccc1)N1CCN(C2CCC3(CCNCC3)CC2)CC1. The number of benzene rings is 1. The quantitative estimate of drug-likeness (QED) is 0.830. The molecule has 0 atom stereocenters. The molecule has 2 aliphatic heterocycles.